The molecule has 3 rings (SSSR count). The number of benzene rings is 2. The van der Waals surface area contributed by atoms with Crippen molar-refractivity contribution in [3.8, 4) is 0 Å². The van der Waals surface area contributed by atoms with Gasteiger partial charge in [0.1, 0.15) is 0 Å². The van der Waals surface area contributed by atoms with Gasteiger partial charge in [0, 0.05) is 12.0 Å². The van der Waals surface area contributed by atoms with Gasteiger partial charge in [0.05, 0.1) is 0 Å². The Morgan fingerprint density at radius 2 is 1.55 bits per heavy atom. The van der Waals surface area contributed by atoms with Crippen LogP contribution >= 0.6 is 0 Å². The molecule has 6 heteroatoms. The highest BCUT2D eigenvalue weighted by Crippen LogP contribution is 2.43. The maximum atomic E-state index is 14.1. The van der Waals surface area contributed by atoms with E-state index >= 15 is 0 Å². The number of hydrogen-bond acceptors (Lipinski definition) is 2. The number of halogens is 3. The zero-order valence-corrected chi connectivity index (χ0v) is 20.1. The quantitative estimate of drug-likeness (QED) is 0.348. The number of hydrazine groups is 1. The third-order valence-corrected chi connectivity index (χ3v) is 6.62. The number of carbonyl (C=O) groups excluding carboxylic acids is 1. The van der Waals surface area contributed by atoms with E-state index in [1.54, 1.807) is 32.0 Å². The van der Waals surface area contributed by atoms with Crippen molar-refractivity contribution in [1.29, 1.82) is 0 Å². The highest BCUT2D eigenvalue weighted by Gasteiger charge is 2.52. The lowest BCUT2D eigenvalue weighted by molar-refractivity contribution is -0.203. The highest BCUT2D eigenvalue weighted by molar-refractivity contribution is 5.84. The normalized spacial score (nSPS) is 17.5. The van der Waals surface area contributed by atoms with Gasteiger partial charge in [-0.3, -0.25) is 10.2 Å². The second-order valence-electron chi connectivity index (χ2n) is 10.0. The zero-order valence-electron chi connectivity index (χ0n) is 20.1. The molecule has 0 unspecified atom stereocenters. The third-order valence-electron chi connectivity index (χ3n) is 6.62. The number of nitrogens with one attached hydrogen (secondary N) is 1. The Morgan fingerprint density at radius 3 is 2.15 bits per heavy atom. The van der Waals surface area contributed by atoms with Crippen molar-refractivity contribution in [2.45, 2.75) is 103 Å². The molecule has 0 aromatic heterocycles. The van der Waals surface area contributed by atoms with Gasteiger partial charge in [-0.05, 0) is 54.7 Å². The van der Waals surface area contributed by atoms with Crippen LogP contribution < -0.4 is 5.43 Å². The lowest BCUT2D eigenvalue weighted by atomic mass is 9.95. The molecule has 2 aromatic rings. The van der Waals surface area contributed by atoms with Crippen LogP contribution in [0.15, 0.2) is 36.4 Å². The van der Waals surface area contributed by atoms with Gasteiger partial charge in [-0.25, -0.2) is 0 Å². The van der Waals surface area contributed by atoms with Crippen LogP contribution in [0, 0.1) is 0 Å². The van der Waals surface area contributed by atoms with Crippen molar-refractivity contribution in [2.24, 2.45) is 0 Å². The van der Waals surface area contributed by atoms with Crippen LogP contribution in [-0.2, 0) is 11.2 Å². The summed E-state index contributed by atoms with van der Waals surface area (Å²) in [7, 11) is 0. The van der Waals surface area contributed by atoms with Gasteiger partial charge in [-0.2, -0.15) is 18.2 Å². The maximum absolute atomic E-state index is 14.1. The molecule has 1 heterocycles. The van der Waals surface area contributed by atoms with E-state index in [2.05, 4.69) is 18.4 Å². The van der Waals surface area contributed by atoms with Crippen LogP contribution in [0.3, 0.4) is 0 Å². The Kier molecular flexibility index (Phi) is 8.43. The van der Waals surface area contributed by atoms with Crippen LogP contribution in [0.1, 0.15) is 95.7 Å². The molecule has 2 aromatic carbocycles. The van der Waals surface area contributed by atoms with E-state index in [0.29, 0.717) is 0 Å². The molecular formula is C27H37F3N2O. The fraction of sp³-hybridized carbons (Fsp3) is 0.593. The fourth-order valence-corrected chi connectivity index (χ4v) is 4.80. The van der Waals surface area contributed by atoms with E-state index in [1.807, 2.05) is 12.1 Å². The molecule has 0 radical (unpaired) electrons. The maximum Gasteiger partial charge on any atom is 0.409 e. The van der Waals surface area contributed by atoms with Crippen LogP contribution in [0.5, 0.6) is 0 Å². The fourth-order valence-electron chi connectivity index (χ4n) is 4.80. The molecule has 1 fully saturated rings. The molecule has 1 atom stereocenters. The molecule has 33 heavy (non-hydrogen) atoms. The molecule has 182 valence electrons. The number of fused-ring (bicyclic) bond motifs is 1. The average molecular weight is 463 g/mol. The van der Waals surface area contributed by atoms with E-state index in [1.165, 1.54) is 50.5 Å². The van der Waals surface area contributed by atoms with Crippen LogP contribution in [0.2, 0.25) is 0 Å². The lowest BCUT2D eigenvalue weighted by Crippen LogP contribution is -2.51. The number of amides is 1. The Balaban J connectivity index is 1.67. The molecular weight excluding hydrogens is 425 g/mol. The summed E-state index contributed by atoms with van der Waals surface area (Å²) in [6.07, 6.45) is 6.69. The van der Waals surface area contributed by atoms with Crippen molar-refractivity contribution < 1.29 is 18.0 Å². The smallest absolute Gasteiger partial charge is 0.287 e. The largest absolute Gasteiger partial charge is 0.409 e. The van der Waals surface area contributed by atoms with Crippen LogP contribution in [0.25, 0.3) is 10.8 Å². The summed E-state index contributed by atoms with van der Waals surface area (Å²) in [6.45, 7) is 5.54. The summed E-state index contributed by atoms with van der Waals surface area (Å²) in [4.78, 5) is 11.8. The minimum atomic E-state index is -4.51. The first-order valence-electron chi connectivity index (χ1n) is 12.3. The monoisotopic (exact) mass is 462 g/mol. The summed E-state index contributed by atoms with van der Waals surface area (Å²) >= 11 is 0. The molecule has 1 saturated heterocycles. The molecule has 1 aliphatic rings. The lowest BCUT2D eigenvalue weighted by Gasteiger charge is -2.38. The number of unbranched alkanes of at least 4 members (excludes halogenated alkanes) is 7. The van der Waals surface area contributed by atoms with Gasteiger partial charge in [0.25, 0.3) is 0 Å². The van der Waals surface area contributed by atoms with Gasteiger partial charge >= 0.3 is 6.18 Å². The van der Waals surface area contributed by atoms with Gasteiger partial charge in [0.15, 0.2) is 6.04 Å². The zero-order chi connectivity index (χ0) is 24.1. The summed E-state index contributed by atoms with van der Waals surface area (Å²) in [5, 5.41) is 2.79. The molecule has 1 amide bonds. The van der Waals surface area contributed by atoms with E-state index in [0.717, 1.165) is 28.6 Å². The number of rotatable bonds is 11. The first kappa shape index (κ1) is 25.5. The Bertz CT molecular complexity index is 939. The predicted octanol–water partition coefficient (Wildman–Crippen LogP) is 7.64. The number of carbonyl (C=O) groups is 1. The summed E-state index contributed by atoms with van der Waals surface area (Å²) in [5.41, 5.74) is 2.87. The molecule has 0 spiro atoms. The van der Waals surface area contributed by atoms with Crippen molar-refractivity contribution in [3.63, 3.8) is 0 Å². The second-order valence-corrected chi connectivity index (χ2v) is 10.0. The van der Waals surface area contributed by atoms with E-state index < -0.39 is 17.8 Å². The van der Waals surface area contributed by atoms with Gasteiger partial charge in [-0.15, -0.1) is 0 Å². The molecule has 3 nitrogen and oxygen atoms in total. The predicted molar refractivity (Wildman–Crippen MR) is 128 cm³/mol. The number of aryl methyl sites for hydroxylation is 1. The number of hydrogen-bond donors (Lipinski definition) is 1. The summed E-state index contributed by atoms with van der Waals surface area (Å²) in [5.74, 6) is -0.388. The van der Waals surface area contributed by atoms with E-state index in [-0.39, 0.29) is 17.9 Å². The molecule has 1 aliphatic heterocycles. The third kappa shape index (κ3) is 6.72. The molecule has 0 aliphatic carbocycles. The Morgan fingerprint density at radius 1 is 0.939 bits per heavy atom. The average Bonchev–Trinajstić information content (AvgIpc) is 3.00. The minimum Gasteiger partial charge on any atom is -0.287 e. The van der Waals surface area contributed by atoms with Gasteiger partial charge in [-0.1, -0.05) is 82.2 Å². The number of alkyl halides is 3. The van der Waals surface area contributed by atoms with E-state index in [4.69, 9.17) is 0 Å². The van der Waals surface area contributed by atoms with Crippen molar-refractivity contribution in [2.75, 3.05) is 0 Å². The number of nitrogens with zero attached hydrogens (tertiary/aromatic N) is 1. The molecule has 1 N–H and O–H groups in total. The topological polar surface area (TPSA) is 32.3 Å². The highest BCUT2D eigenvalue weighted by atomic mass is 19.4. The van der Waals surface area contributed by atoms with Crippen molar-refractivity contribution in [3.05, 3.63) is 47.5 Å². The van der Waals surface area contributed by atoms with Crippen LogP contribution in [0.4, 0.5) is 13.2 Å². The molecule has 0 saturated carbocycles. The van der Waals surface area contributed by atoms with E-state index in [9.17, 15) is 18.0 Å². The van der Waals surface area contributed by atoms with Crippen LogP contribution in [-0.4, -0.2) is 22.6 Å². The molecule has 0 bridgehead atoms. The minimum absolute atomic E-state index is 0.0370. The first-order chi connectivity index (χ1) is 15.6. The first-order valence-corrected chi connectivity index (χ1v) is 12.3. The SMILES string of the molecule is CCCCCCCCCCc1ccc2cc([C@H](N3NC(=O)CC3(C)C)C(F)(F)F)ccc2c1. The van der Waals surface area contributed by atoms with Gasteiger partial charge in [0.2, 0.25) is 5.91 Å². The standard InChI is InChI=1S/C27H37F3N2O/c1-4-5-6-7-8-9-10-11-12-20-13-14-22-18-23(16-15-21(22)17-20)25(27(28,29)30)32-26(2,3)19-24(33)31-32/h13-18,25H,4-12,19H2,1-3H3,(H,31,33)/t25-/m0/s1. The summed E-state index contributed by atoms with van der Waals surface area (Å²) < 4.78 is 42.3. The van der Waals surface area contributed by atoms with Gasteiger partial charge < -0.3 is 0 Å². The van der Waals surface area contributed by atoms with Crippen molar-refractivity contribution in [1.82, 2.24) is 10.4 Å². The summed E-state index contributed by atoms with van der Waals surface area (Å²) in [6, 6.07) is 9.06. The Labute approximate surface area is 195 Å². The van der Waals surface area contributed by atoms with Crippen molar-refractivity contribution >= 4 is 16.7 Å². The Hall–Kier alpha value is -2.08. The second kappa shape index (κ2) is 10.9.